The van der Waals surface area contributed by atoms with E-state index in [1.807, 2.05) is 6.07 Å². The molecule has 1 aliphatic rings. The van der Waals surface area contributed by atoms with Crippen LogP contribution in [0.1, 0.15) is 13.3 Å². The predicted octanol–water partition coefficient (Wildman–Crippen LogP) is 1.32. The van der Waals surface area contributed by atoms with Gasteiger partial charge in [0.2, 0.25) is 5.91 Å². The number of benzene rings is 1. The van der Waals surface area contributed by atoms with E-state index in [-0.39, 0.29) is 12.5 Å². The number of amides is 3. The Hall–Kier alpha value is -2.37. The van der Waals surface area contributed by atoms with E-state index in [2.05, 4.69) is 0 Å². The van der Waals surface area contributed by atoms with E-state index in [0.717, 1.165) is 4.90 Å². The number of carbonyl (C=O) groups excluding carboxylic acids is 2. The standard InChI is InChI=1S/C13H14N2O4/c1-9-7-11(16)14(8-12(17)18)13(19)15(9)10-5-3-2-4-6-10/h2-6,9H,7-8H2,1H3,(H,17,18). The summed E-state index contributed by atoms with van der Waals surface area (Å²) in [5, 5.41) is 8.76. The molecule has 19 heavy (non-hydrogen) atoms. The summed E-state index contributed by atoms with van der Waals surface area (Å²) in [6.07, 6.45) is 0.119. The van der Waals surface area contributed by atoms with Gasteiger partial charge in [-0.15, -0.1) is 0 Å². The number of carbonyl (C=O) groups is 3. The molecule has 6 nitrogen and oxygen atoms in total. The summed E-state index contributed by atoms with van der Waals surface area (Å²) in [4.78, 5) is 36.9. The van der Waals surface area contributed by atoms with Gasteiger partial charge in [0.05, 0.1) is 0 Å². The Labute approximate surface area is 110 Å². The van der Waals surface area contributed by atoms with E-state index in [9.17, 15) is 14.4 Å². The molecule has 2 rings (SSSR count). The van der Waals surface area contributed by atoms with Gasteiger partial charge in [0.25, 0.3) is 0 Å². The fourth-order valence-corrected chi connectivity index (χ4v) is 2.12. The first-order valence-electron chi connectivity index (χ1n) is 5.91. The van der Waals surface area contributed by atoms with Gasteiger partial charge in [0.1, 0.15) is 6.54 Å². The molecule has 1 saturated heterocycles. The third-order valence-corrected chi connectivity index (χ3v) is 2.98. The Morgan fingerprint density at radius 2 is 1.95 bits per heavy atom. The van der Waals surface area contributed by atoms with E-state index in [0.29, 0.717) is 5.69 Å². The summed E-state index contributed by atoms with van der Waals surface area (Å²) in [5.74, 6) is -1.66. The van der Waals surface area contributed by atoms with Crippen molar-refractivity contribution >= 4 is 23.6 Å². The van der Waals surface area contributed by atoms with Crippen LogP contribution < -0.4 is 4.90 Å². The van der Waals surface area contributed by atoms with Gasteiger partial charge >= 0.3 is 12.0 Å². The Morgan fingerprint density at radius 1 is 1.32 bits per heavy atom. The highest BCUT2D eigenvalue weighted by molar-refractivity contribution is 6.07. The van der Waals surface area contributed by atoms with Gasteiger partial charge in [0.15, 0.2) is 0 Å². The smallest absolute Gasteiger partial charge is 0.331 e. The fraction of sp³-hybridized carbons (Fsp3) is 0.308. The zero-order valence-corrected chi connectivity index (χ0v) is 10.4. The first kappa shape index (κ1) is 13.1. The molecule has 0 radical (unpaired) electrons. The average Bonchev–Trinajstić information content (AvgIpc) is 2.35. The predicted molar refractivity (Wildman–Crippen MR) is 67.7 cm³/mol. The monoisotopic (exact) mass is 262 g/mol. The van der Waals surface area contributed by atoms with Gasteiger partial charge in [-0.05, 0) is 19.1 Å². The molecule has 1 heterocycles. The molecule has 1 N–H and O–H groups in total. The Morgan fingerprint density at radius 3 is 2.53 bits per heavy atom. The topological polar surface area (TPSA) is 77.9 Å². The highest BCUT2D eigenvalue weighted by atomic mass is 16.4. The van der Waals surface area contributed by atoms with Crippen LogP contribution in [-0.2, 0) is 9.59 Å². The van der Waals surface area contributed by atoms with Gasteiger partial charge in [-0.1, -0.05) is 18.2 Å². The minimum absolute atomic E-state index is 0.119. The Balaban J connectivity index is 2.31. The molecular formula is C13H14N2O4. The number of carboxylic acid groups (broad SMARTS) is 1. The van der Waals surface area contributed by atoms with Crippen LogP contribution in [0.25, 0.3) is 0 Å². The maximum absolute atomic E-state index is 12.2. The van der Waals surface area contributed by atoms with E-state index in [1.54, 1.807) is 31.2 Å². The van der Waals surface area contributed by atoms with Gasteiger partial charge in [0, 0.05) is 18.2 Å². The molecule has 100 valence electrons. The van der Waals surface area contributed by atoms with E-state index in [1.165, 1.54) is 4.90 Å². The summed E-state index contributed by atoms with van der Waals surface area (Å²) in [6.45, 7) is 1.16. The second kappa shape index (κ2) is 5.09. The summed E-state index contributed by atoms with van der Waals surface area (Å²) in [7, 11) is 0. The first-order chi connectivity index (χ1) is 9.00. The number of aliphatic carboxylic acids is 1. The molecule has 1 aromatic carbocycles. The van der Waals surface area contributed by atoms with Crippen LogP contribution in [0.5, 0.6) is 0 Å². The molecule has 0 saturated carbocycles. The van der Waals surface area contributed by atoms with Crippen LogP contribution in [0, 0.1) is 0 Å². The van der Waals surface area contributed by atoms with Gasteiger partial charge in [-0.2, -0.15) is 0 Å². The average molecular weight is 262 g/mol. The third kappa shape index (κ3) is 2.57. The van der Waals surface area contributed by atoms with Crippen LogP contribution in [0.3, 0.4) is 0 Å². The lowest BCUT2D eigenvalue weighted by Crippen LogP contribution is -2.57. The van der Waals surface area contributed by atoms with E-state index < -0.39 is 24.5 Å². The maximum atomic E-state index is 12.2. The largest absolute Gasteiger partial charge is 0.480 e. The lowest BCUT2D eigenvalue weighted by Gasteiger charge is -2.38. The molecule has 3 amide bonds. The molecule has 0 aliphatic carbocycles. The molecule has 1 atom stereocenters. The number of imide groups is 1. The highest BCUT2D eigenvalue weighted by Gasteiger charge is 2.38. The lowest BCUT2D eigenvalue weighted by atomic mass is 10.1. The van der Waals surface area contributed by atoms with Crippen LogP contribution >= 0.6 is 0 Å². The van der Waals surface area contributed by atoms with E-state index in [4.69, 9.17) is 5.11 Å². The zero-order valence-electron chi connectivity index (χ0n) is 10.4. The minimum atomic E-state index is -1.20. The molecule has 1 unspecified atom stereocenters. The number of hydrogen-bond acceptors (Lipinski definition) is 3. The number of anilines is 1. The fourth-order valence-electron chi connectivity index (χ4n) is 2.12. The summed E-state index contributed by atoms with van der Waals surface area (Å²) in [6, 6.07) is 8.03. The number of carboxylic acids is 1. The Kier molecular flexibility index (Phi) is 3.50. The maximum Gasteiger partial charge on any atom is 0.331 e. The van der Waals surface area contributed by atoms with Gasteiger partial charge in [-0.3, -0.25) is 19.4 Å². The highest BCUT2D eigenvalue weighted by Crippen LogP contribution is 2.24. The summed E-state index contributed by atoms with van der Waals surface area (Å²) < 4.78 is 0. The SMILES string of the molecule is CC1CC(=O)N(CC(=O)O)C(=O)N1c1ccccc1. The van der Waals surface area contributed by atoms with Gasteiger partial charge < -0.3 is 5.11 Å². The molecule has 1 aliphatic heterocycles. The van der Waals surface area contributed by atoms with Crippen molar-refractivity contribution in [2.45, 2.75) is 19.4 Å². The number of urea groups is 1. The van der Waals surface area contributed by atoms with Crippen molar-refractivity contribution in [3.63, 3.8) is 0 Å². The van der Waals surface area contributed by atoms with Crippen molar-refractivity contribution in [1.82, 2.24) is 4.90 Å². The van der Waals surface area contributed by atoms with Gasteiger partial charge in [-0.25, -0.2) is 4.79 Å². The molecule has 0 spiro atoms. The van der Waals surface area contributed by atoms with Crippen molar-refractivity contribution < 1.29 is 19.5 Å². The van der Waals surface area contributed by atoms with E-state index >= 15 is 0 Å². The molecule has 6 heteroatoms. The second-order valence-corrected chi connectivity index (χ2v) is 4.41. The molecule has 1 fully saturated rings. The molecule has 0 bridgehead atoms. The van der Waals surface area contributed by atoms with Crippen molar-refractivity contribution in [2.75, 3.05) is 11.4 Å². The quantitative estimate of drug-likeness (QED) is 0.891. The second-order valence-electron chi connectivity index (χ2n) is 4.41. The van der Waals surface area contributed by atoms with Crippen molar-refractivity contribution in [3.8, 4) is 0 Å². The van der Waals surface area contributed by atoms with Crippen molar-refractivity contribution in [3.05, 3.63) is 30.3 Å². The normalized spacial score (nSPS) is 19.7. The van der Waals surface area contributed by atoms with Crippen LogP contribution in [0.15, 0.2) is 30.3 Å². The van der Waals surface area contributed by atoms with Crippen LogP contribution in [0.2, 0.25) is 0 Å². The van der Waals surface area contributed by atoms with Crippen molar-refractivity contribution in [1.29, 1.82) is 0 Å². The zero-order chi connectivity index (χ0) is 14.0. The van der Waals surface area contributed by atoms with Crippen LogP contribution in [0.4, 0.5) is 10.5 Å². The minimum Gasteiger partial charge on any atom is -0.480 e. The number of para-hydroxylation sites is 1. The number of hydrogen-bond donors (Lipinski definition) is 1. The van der Waals surface area contributed by atoms with Crippen LogP contribution in [-0.4, -0.2) is 40.5 Å². The first-order valence-corrected chi connectivity index (χ1v) is 5.91. The molecular weight excluding hydrogens is 248 g/mol. The molecule has 1 aromatic rings. The third-order valence-electron chi connectivity index (χ3n) is 2.98. The number of rotatable bonds is 3. The van der Waals surface area contributed by atoms with Crippen molar-refractivity contribution in [2.24, 2.45) is 0 Å². The summed E-state index contributed by atoms with van der Waals surface area (Å²) >= 11 is 0. The summed E-state index contributed by atoms with van der Waals surface area (Å²) in [5.41, 5.74) is 0.655. The number of nitrogens with zero attached hydrogens (tertiary/aromatic N) is 2. The lowest BCUT2D eigenvalue weighted by molar-refractivity contribution is -0.142. The Bertz CT molecular complexity index is 515. The molecule has 0 aromatic heterocycles.